The van der Waals surface area contributed by atoms with Gasteiger partial charge in [0.05, 0.1) is 12.2 Å². The van der Waals surface area contributed by atoms with Gasteiger partial charge in [0.1, 0.15) is 17.2 Å². The van der Waals surface area contributed by atoms with E-state index >= 15 is 0 Å². The number of hydrogen-bond acceptors (Lipinski definition) is 5. The maximum absolute atomic E-state index is 12.3. The lowest BCUT2D eigenvalue weighted by Crippen LogP contribution is -2.40. The van der Waals surface area contributed by atoms with Crippen LogP contribution in [0.3, 0.4) is 0 Å². The predicted molar refractivity (Wildman–Crippen MR) is 85.1 cm³/mol. The Bertz CT molecular complexity index is 669. The molecular formula is C17H23N3O3. The molecule has 0 spiro atoms. The van der Waals surface area contributed by atoms with E-state index in [9.17, 15) is 15.2 Å². The minimum absolute atomic E-state index is 0.135. The Morgan fingerprint density at radius 3 is 2.57 bits per heavy atom. The van der Waals surface area contributed by atoms with Crippen LogP contribution in [0.25, 0.3) is 0 Å². The molecule has 0 atom stereocenters. The third-order valence-corrected chi connectivity index (χ3v) is 3.72. The first-order valence-electron chi connectivity index (χ1n) is 7.76. The number of nitriles is 1. The first-order valence-corrected chi connectivity index (χ1v) is 7.76. The van der Waals surface area contributed by atoms with Crippen molar-refractivity contribution in [1.29, 1.82) is 5.26 Å². The van der Waals surface area contributed by atoms with Gasteiger partial charge in [-0.3, -0.25) is 0 Å². The highest BCUT2D eigenvalue weighted by Gasteiger charge is 2.30. The van der Waals surface area contributed by atoms with Gasteiger partial charge < -0.3 is 14.7 Å². The number of hydrogen-bond donors (Lipinski definition) is 1. The molecule has 0 saturated heterocycles. The topological polar surface area (TPSA) is 86.5 Å². The molecule has 1 aromatic heterocycles. The molecule has 23 heavy (non-hydrogen) atoms. The summed E-state index contributed by atoms with van der Waals surface area (Å²) in [6, 6.07) is 2.01. The highest BCUT2D eigenvalue weighted by molar-refractivity contribution is 5.69. The number of carbonyl (C=O) groups excluding carboxylic acids is 1. The van der Waals surface area contributed by atoms with E-state index in [0.717, 1.165) is 11.3 Å². The second kappa shape index (κ2) is 6.07. The fourth-order valence-electron chi connectivity index (χ4n) is 2.73. The van der Waals surface area contributed by atoms with E-state index < -0.39 is 11.7 Å². The summed E-state index contributed by atoms with van der Waals surface area (Å²) in [5.74, 6) is -0.128. The van der Waals surface area contributed by atoms with Crippen LogP contribution in [0.15, 0.2) is 0 Å². The van der Waals surface area contributed by atoms with Crippen molar-refractivity contribution in [2.45, 2.75) is 59.1 Å². The maximum Gasteiger partial charge on any atom is 0.410 e. The monoisotopic (exact) mass is 317 g/mol. The summed E-state index contributed by atoms with van der Waals surface area (Å²) in [6.45, 7) is 10.2. The number of carbonyl (C=O) groups is 1. The van der Waals surface area contributed by atoms with Crippen LogP contribution in [0.2, 0.25) is 0 Å². The summed E-state index contributed by atoms with van der Waals surface area (Å²) in [7, 11) is 0. The molecule has 124 valence electrons. The molecule has 0 radical (unpaired) electrons. The molecule has 1 aliphatic rings. The Kier molecular flexibility index (Phi) is 4.51. The maximum atomic E-state index is 12.3. The number of fused-ring (bicyclic) bond motifs is 1. The molecule has 0 bridgehead atoms. The van der Waals surface area contributed by atoms with Crippen LogP contribution in [0.1, 0.15) is 62.9 Å². The average molecular weight is 317 g/mol. The second-order valence-corrected chi connectivity index (χ2v) is 7.07. The third kappa shape index (κ3) is 3.55. The second-order valence-electron chi connectivity index (χ2n) is 7.07. The van der Waals surface area contributed by atoms with E-state index in [4.69, 9.17) is 4.74 Å². The number of rotatable bonds is 1. The lowest BCUT2D eigenvalue weighted by molar-refractivity contribution is 0.0223. The minimum atomic E-state index is -0.571. The Labute approximate surface area is 136 Å². The van der Waals surface area contributed by atoms with Gasteiger partial charge in [-0.05, 0) is 44.2 Å². The number of nitrogens with zero attached hydrogens (tertiary/aromatic N) is 3. The van der Waals surface area contributed by atoms with Crippen LogP contribution in [0, 0.1) is 11.3 Å². The van der Waals surface area contributed by atoms with Crippen LogP contribution < -0.4 is 0 Å². The summed E-state index contributed by atoms with van der Waals surface area (Å²) in [5.41, 5.74) is 2.02. The Hall–Kier alpha value is -2.29. The molecule has 2 heterocycles. The van der Waals surface area contributed by atoms with Crippen molar-refractivity contribution >= 4 is 6.09 Å². The molecule has 0 aromatic carbocycles. The largest absolute Gasteiger partial charge is 0.492 e. The minimum Gasteiger partial charge on any atom is -0.492 e. The lowest BCUT2D eigenvalue weighted by atomic mass is 9.91. The summed E-state index contributed by atoms with van der Waals surface area (Å²) >= 11 is 0. The molecule has 0 saturated carbocycles. The first kappa shape index (κ1) is 17.1. The number of amides is 1. The smallest absolute Gasteiger partial charge is 0.410 e. The van der Waals surface area contributed by atoms with Crippen molar-refractivity contribution in [1.82, 2.24) is 9.88 Å². The zero-order valence-corrected chi connectivity index (χ0v) is 14.3. The van der Waals surface area contributed by atoms with E-state index in [1.165, 1.54) is 0 Å². The zero-order chi connectivity index (χ0) is 17.4. The Morgan fingerprint density at radius 2 is 2.04 bits per heavy atom. The van der Waals surface area contributed by atoms with E-state index in [1.807, 2.05) is 40.7 Å². The van der Waals surface area contributed by atoms with Crippen LogP contribution in [0.5, 0.6) is 5.88 Å². The lowest BCUT2D eigenvalue weighted by Gasteiger charge is -2.32. The highest BCUT2D eigenvalue weighted by atomic mass is 16.6. The van der Waals surface area contributed by atoms with Crippen molar-refractivity contribution in [2.75, 3.05) is 6.54 Å². The van der Waals surface area contributed by atoms with Crippen LogP contribution >= 0.6 is 0 Å². The van der Waals surface area contributed by atoms with Crippen LogP contribution in [0.4, 0.5) is 4.79 Å². The SMILES string of the molecule is CC(C)c1nc(O)c(C#N)c2c1CCN(C(=O)OC(C)(C)C)C2. The Balaban J connectivity index is 2.40. The fraction of sp³-hybridized carbons (Fsp3) is 0.588. The van der Waals surface area contributed by atoms with Gasteiger partial charge in [-0.25, -0.2) is 9.78 Å². The van der Waals surface area contributed by atoms with E-state index in [0.29, 0.717) is 18.5 Å². The number of aromatic hydroxyl groups is 1. The first-order chi connectivity index (χ1) is 10.6. The van der Waals surface area contributed by atoms with Gasteiger partial charge in [0.15, 0.2) is 0 Å². The van der Waals surface area contributed by atoms with E-state index in [2.05, 4.69) is 4.98 Å². The Morgan fingerprint density at radius 1 is 1.39 bits per heavy atom. The van der Waals surface area contributed by atoms with Crippen molar-refractivity contribution in [2.24, 2.45) is 0 Å². The number of ether oxygens (including phenoxy) is 1. The van der Waals surface area contributed by atoms with Crippen molar-refractivity contribution in [3.05, 3.63) is 22.4 Å². The van der Waals surface area contributed by atoms with Crippen LogP contribution in [-0.4, -0.2) is 33.2 Å². The quantitative estimate of drug-likeness (QED) is 0.860. The van der Waals surface area contributed by atoms with Gasteiger partial charge in [-0.15, -0.1) is 0 Å². The number of pyridine rings is 1. The zero-order valence-electron chi connectivity index (χ0n) is 14.3. The highest BCUT2D eigenvalue weighted by Crippen LogP contribution is 2.33. The molecule has 1 amide bonds. The van der Waals surface area contributed by atoms with E-state index in [-0.39, 0.29) is 23.9 Å². The molecule has 6 heteroatoms. The van der Waals surface area contributed by atoms with Crippen molar-refractivity contribution in [3.63, 3.8) is 0 Å². The van der Waals surface area contributed by atoms with Crippen LogP contribution in [-0.2, 0) is 17.7 Å². The van der Waals surface area contributed by atoms with E-state index in [1.54, 1.807) is 4.90 Å². The third-order valence-electron chi connectivity index (χ3n) is 3.72. The predicted octanol–water partition coefficient (Wildman–Crippen LogP) is 3.08. The standard InChI is InChI=1S/C17H23N3O3/c1-10(2)14-11-6-7-20(16(22)23-17(3,4)5)9-13(11)12(8-18)15(21)19-14/h10H,6-7,9H2,1-5H3,(H,19,21). The van der Waals surface area contributed by atoms with Crippen molar-refractivity contribution in [3.8, 4) is 11.9 Å². The fourth-order valence-corrected chi connectivity index (χ4v) is 2.73. The molecule has 0 aliphatic carbocycles. The van der Waals surface area contributed by atoms with Gasteiger partial charge in [-0.1, -0.05) is 13.8 Å². The van der Waals surface area contributed by atoms with Gasteiger partial charge in [0.25, 0.3) is 0 Å². The van der Waals surface area contributed by atoms with Gasteiger partial charge in [-0.2, -0.15) is 5.26 Å². The van der Waals surface area contributed by atoms with Gasteiger partial charge in [0.2, 0.25) is 5.88 Å². The molecule has 0 unspecified atom stereocenters. The number of aromatic nitrogens is 1. The van der Waals surface area contributed by atoms with Gasteiger partial charge in [0, 0.05) is 6.54 Å². The summed E-state index contributed by atoms with van der Waals surface area (Å²) in [6.07, 6.45) is 0.193. The summed E-state index contributed by atoms with van der Waals surface area (Å²) in [4.78, 5) is 18.0. The molecular weight excluding hydrogens is 294 g/mol. The molecule has 0 fully saturated rings. The summed E-state index contributed by atoms with van der Waals surface area (Å²) in [5, 5.41) is 19.4. The van der Waals surface area contributed by atoms with Crippen molar-refractivity contribution < 1.29 is 14.6 Å². The molecule has 1 aliphatic heterocycles. The molecule has 2 rings (SSSR count). The molecule has 6 nitrogen and oxygen atoms in total. The molecule has 1 aromatic rings. The summed E-state index contributed by atoms with van der Waals surface area (Å²) < 4.78 is 5.40. The van der Waals surface area contributed by atoms with Gasteiger partial charge >= 0.3 is 6.09 Å². The normalized spacial score (nSPS) is 14.4. The molecule has 1 N–H and O–H groups in total. The average Bonchev–Trinajstić information content (AvgIpc) is 2.43.